The molecule has 2 aliphatic rings. The second-order valence-corrected chi connectivity index (χ2v) is 16.3. The van der Waals surface area contributed by atoms with Gasteiger partial charge in [-0.15, -0.1) is 11.8 Å². The highest BCUT2D eigenvalue weighted by molar-refractivity contribution is 7.99. The first-order valence-corrected chi connectivity index (χ1v) is 15.2. The Balaban J connectivity index is 1.90. The molecular weight excluding hydrogens is 440 g/mol. The first-order chi connectivity index (χ1) is 14.8. The van der Waals surface area contributed by atoms with E-state index < -0.39 is 19.9 Å². The monoisotopic (exact) mass is 480 g/mol. The van der Waals surface area contributed by atoms with Gasteiger partial charge in [0.1, 0.15) is 6.10 Å². The topological polar surface area (TPSA) is 46.2 Å². The summed E-state index contributed by atoms with van der Waals surface area (Å²) in [7, 11) is 1.22. The lowest BCUT2D eigenvalue weighted by atomic mass is 9.90. The van der Waals surface area contributed by atoms with Crippen LogP contribution in [0, 0.1) is 0 Å². The summed E-state index contributed by atoms with van der Waals surface area (Å²) in [5.41, 5.74) is 1.31. The van der Waals surface area contributed by atoms with Crippen molar-refractivity contribution in [3.05, 3.63) is 42.0 Å². The first kappa shape index (κ1) is 25.9. The molecule has 5 nitrogen and oxygen atoms in total. The van der Waals surface area contributed by atoms with Gasteiger partial charge < -0.3 is 23.4 Å². The van der Waals surface area contributed by atoms with Crippen LogP contribution < -0.4 is 0 Å². The third-order valence-electron chi connectivity index (χ3n) is 7.30. The zero-order chi connectivity index (χ0) is 23.8. The van der Waals surface area contributed by atoms with Crippen LogP contribution in [0.5, 0.6) is 0 Å². The van der Waals surface area contributed by atoms with E-state index in [4.69, 9.17) is 23.4 Å². The molecule has 0 amide bonds. The van der Waals surface area contributed by atoms with Crippen molar-refractivity contribution in [1.82, 2.24) is 0 Å². The van der Waals surface area contributed by atoms with Crippen molar-refractivity contribution in [3.63, 3.8) is 0 Å². The summed E-state index contributed by atoms with van der Waals surface area (Å²) >= 11 is 1.84. The van der Waals surface area contributed by atoms with E-state index in [9.17, 15) is 0 Å². The summed E-state index contributed by atoms with van der Waals surface area (Å²) in [6, 6.07) is 10.5. The Morgan fingerprint density at radius 3 is 2.19 bits per heavy atom. The quantitative estimate of drug-likeness (QED) is 0.271. The molecule has 1 aliphatic carbocycles. The van der Waals surface area contributed by atoms with Crippen molar-refractivity contribution >= 4 is 20.1 Å². The first-order valence-electron chi connectivity index (χ1n) is 11.4. The summed E-state index contributed by atoms with van der Waals surface area (Å²) in [6.45, 7) is 15.1. The number of benzene rings is 1. The minimum Gasteiger partial charge on any atom is -0.408 e. The minimum absolute atomic E-state index is 0.0911. The maximum Gasteiger partial charge on any atom is 0.220 e. The SMILES string of the molecule is CO[C@]1(C)O[C@@H]2[C@H](O[Si](C)(C)C(C)(C)C)C=C(CSc3ccccc3)C[C@H]2O[C@@]1(C)OC. The Labute approximate surface area is 199 Å². The fourth-order valence-corrected chi connectivity index (χ4v) is 6.03. The zero-order valence-electron chi connectivity index (χ0n) is 21.1. The van der Waals surface area contributed by atoms with Gasteiger partial charge in [-0.1, -0.05) is 50.6 Å². The summed E-state index contributed by atoms with van der Waals surface area (Å²) in [4.78, 5) is 1.26. The molecule has 0 bridgehead atoms. The largest absolute Gasteiger partial charge is 0.408 e. The van der Waals surface area contributed by atoms with Gasteiger partial charge in [0.2, 0.25) is 11.6 Å². The van der Waals surface area contributed by atoms with Crippen LogP contribution in [0.15, 0.2) is 46.9 Å². The number of methoxy groups -OCH3 is 2. The van der Waals surface area contributed by atoms with Gasteiger partial charge in [0, 0.05) is 24.9 Å². The molecule has 0 spiro atoms. The summed E-state index contributed by atoms with van der Waals surface area (Å²) in [5, 5.41) is 0.0911. The summed E-state index contributed by atoms with van der Waals surface area (Å²) < 4.78 is 31.6. The van der Waals surface area contributed by atoms with Crippen molar-refractivity contribution in [3.8, 4) is 0 Å². The number of rotatable bonds is 7. The number of fused-ring (bicyclic) bond motifs is 1. The average Bonchev–Trinajstić information content (AvgIpc) is 2.73. The third-order valence-corrected chi connectivity index (χ3v) is 12.9. The van der Waals surface area contributed by atoms with Crippen molar-refractivity contribution in [2.45, 2.75) is 94.0 Å². The van der Waals surface area contributed by atoms with Gasteiger partial charge in [-0.3, -0.25) is 0 Å². The average molecular weight is 481 g/mol. The van der Waals surface area contributed by atoms with E-state index >= 15 is 0 Å². The van der Waals surface area contributed by atoms with Gasteiger partial charge in [-0.05, 0) is 50.5 Å². The third kappa shape index (κ3) is 5.19. The standard InChI is InChI=1S/C25H40O5SSi/c1-23(2,3)32(8,9)30-21-16-18(17-31-19-13-11-10-12-14-19)15-20-22(21)29-25(5,27-7)24(4,26-6)28-20/h10-14,16,20-22H,15,17H2,1-9H3/t20-,21-,22+,24-,25-/m1/s1. The molecule has 0 radical (unpaired) electrons. The van der Waals surface area contributed by atoms with Crippen LogP contribution in [0.1, 0.15) is 41.0 Å². The van der Waals surface area contributed by atoms with Crippen LogP contribution in [0.4, 0.5) is 0 Å². The molecule has 180 valence electrons. The molecule has 0 aromatic heterocycles. The summed E-state index contributed by atoms with van der Waals surface area (Å²) in [6.07, 6.45) is 2.42. The Kier molecular flexibility index (Phi) is 7.72. The predicted molar refractivity (Wildman–Crippen MR) is 133 cm³/mol. The van der Waals surface area contributed by atoms with Gasteiger partial charge in [0.25, 0.3) is 0 Å². The van der Waals surface area contributed by atoms with Crippen LogP contribution in [0.2, 0.25) is 18.1 Å². The van der Waals surface area contributed by atoms with E-state index in [0.29, 0.717) is 0 Å². The van der Waals surface area contributed by atoms with Crippen molar-refractivity contribution in [2.75, 3.05) is 20.0 Å². The van der Waals surface area contributed by atoms with Crippen molar-refractivity contribution in [1.29, 1.82) is 0 Å². The Hall–Kier alpha value is -0.673. The molecule has 1 aliphatic heterocycles. The van der Waals surface area contributed by atoms with Crippen LogP contribution in [0.3, 0.4) is 0 Å². The van der Waals surface area contributed by atoms with Gasteiger partial charge in [-0.25, -0.2) is 0 Å². The molecule has 1 aromatic carbocycles. The van der Waals surface area contributed by atoms with E-state index in [1.54, 1.807) is 14.2 Å². The highest BCUT2D eigenvalue weighted by Crippen LogP contribution is 2.46. The molecule has 32 heavy (non-hydrogen) atoms. The normalized spacial score (nSPS) is 33.5. The van der Waals surface area contributed by atoms with E-state index in [1.807, 2.05) is 31.7 Å². The van der Waals surface area contributed by atoms with E-state index in [1.165, 1.54) is 10.5 Å². The maximum atomic E-state index is 6.89. The fourth-order valence-electron chi connectivity index (χ4n) is 3.88. The Morgan fingerprint density at radius 2 is 1.62 bits per heavy atom. The molecular formula is C25H40O5SSi. The lowest BCUT2D eigenvalue weighted by Crippen LogP contribution is -2.68. The van der Waals surface area contributed by atoms with Crippen LogP contribution >= 0.6 is 11.8 Å². The number of ether oxygens (including phenoxy) is 4. The molecule has 0 N–H and O–H groups in total. The highest BCUT2D eigenvalue weighted by Gasteiger charge is 2.59. The van der Waals surface area contributed by atoms with E-state index in [-0.39, 0.29) is 23.4 Å². The molecule has 1 heterocycles. The molecule has 1 fully saturated rings. The van der Waals surface area contributed by atoms with E-state index in [2.05, 4.69) is 64.2 Å². The lowest BCUT2D eigenvalue weighted by Gasteiger charge is -2.55. The smallest absolute Gasteiger partial charge is 0.220 e. The summed E-state index contributed by atoms with van der Waals surface area (Å²) in [5.74, 6) is -1.17. The molecule has 1 aromatic rings. The number of thioether (sulfide) groups is 1. The Morgan fingerprint density at radius 1 is 1.03 bits per heavy atom. The fraction of sp³-hybridized carbons (Fsp3) is 0.680. The van der Waals surface area contributed by atoms with Crippen LogP contribution in [0.25, 0.3) is 0 Å². The van der Waals surface area contributed by atoms with Gasteiger partial charge in [0.15, 0.2) is 8.32 Å². The van der Waals surface area contributed by atoms with Gasteiger partial charge >= 0.3 is 0 Å². The number of hydrogen-bond acceptors (Lipinski definition) is 6. The molecule has 0 saturated carbocycles. The zero-order valence-corrected chi connectivity index (χ0v) is 22.9. The number of hydrogen-bond donors (Lipinski definition) is 0. The predicted octanol–water partition coefficient (Wildman–Crippen LogP) is 6.01. The highest BCUT2D eigenvalue weighted by atomic mass is 32.2. The van der Waals surface area contributed by atoms with Crippen molar-refractivity contribution < 1.29 is 23.4 Å². The molecule has 5 atom stereocenters. The van der Waals surface area contributed by atoms with Crippen molar-refractivity contribution in [2.24, 2.45) is 0 Å². The minimum atomic E-state index is -2.04. The van der Waals surface area contributed by atoms with Gasteiger partial charge in [0.05, 0.1) is 12.2 Å². The van der Waals surface area contributed by atoms with Crippen LogP contribution in [-0.4, -0.2) is 58.2 Å². The van der Waals surface area contributed by atoms with Crippen LogP contribution in [-0.2, 0) is 23.4 Å². The molecule has 3 rings (SSSR count). The maximum absolute atomic E-state index is 6.89. The molecule has 7 heteroatoms. The van der Waals surface area contributed by atoms with Gasteiger partial charge in [-0.2, -0.15) is 0 Å². The second kappa shape index (κ2) is 9.53. The molecule has 0 unspecified atom stereocenters. The second-order valence-electron chi connectivity index (χ2n) is 10.5. The molecule has 1 saturated heterocycles. The van der Waals surface area contributed by atoms with E-state index in [0.717, 1.165) is 12.2 Å². The lowest BCUT2D eigenvalue weighted by molar-refractivity contribution is -0.452. The Bertz CT molecular complexity index is 808.